The van der Waals surface area contributed by atoms with E-state index in [0.29, 0.717) is 0 Å². The summed E-state index contributed by atoms with van der Waals surface area (Å²) in [6, 6.07) is -5.31. The van der Waals surface area contributed by atoms with Crippen LogP contribution in [0.5, 0.6) is 0 Å². The van der Waals surface area contributed by atoms with Crippen LogP contribution < -0.4 is 102 Å². The van der Waals surface area contributed by atoms with E-state index in [9.17, 15) is 72.7 Å². The normalized spacial score (nSPS) is 19.7. The summed E-state index contributed by atoms with van der Waals surface area (Å²) in [7, 11) is -3.43. The van der Waals surface area contributed by atoms with Crippen molar-refractivity contribution in [2.75, 3.05) is 31.2 Å². The molecule has 9 atom stereocenters. The number of carboxylic acids is 4. The van der Waals surface area contributed by atoms with Crippen molar-refractivity contribution in [3.8, 4) is 0 Å². The molecule has 0 aliphatic carbocycles. The number of hydrogen-bond acceptors (Lipinski definition) is 18. The molecule has 1 aromatic rings. The fraction of sp³-hybridized carbons (Fsp3) is 0.586. The van der Waals surface area contributed by atoms with E-state index >= 15 is 0 Å². The van der Waals surface area contributed by atoms with Gasteiger partial charge < -0.3 is 67.3 Å². The van der Waals surface area contributed by atoms with Gasteiger partial charge in [-0.1, -0.05) is 21.6 Å². The predicted molar refractivity (Wildman–Crippen MR) is 202 cm³/mol. The number of nitrogens with two attached hydrogens (primary N) is 1. The number of nitrogens with zero attached hydrogens (tertiary/aromatic N) is 1. The van der Waals surface area contributed by atoms with Gasteiger partial charge in [0, 0.05) is 36.6 Å². The van der Waals surface area contributed by atoms with Gasteiger partial charge in [-0.25, -0.2) is 14.4 Å². The van der Waals surface area contributed by atoms with E-state index in [1.165, 1.54) is 0 Å². The van der Waals surface area contributed by atoms with Crippen LogP contribution in [0.1, 0.15) is 31.9 Å². The van der Waals surface area contributed by atoms with Crippen molar-refractivity contribution in [1.29, 1.82) is 0 Å². The molecule has 336 valence electrons. The first kappa shape index (κ1) is 59.1. The Hall–Kier alpha value is -2.91. The maximum absolute atomic E-state index is 12.9. The molecule has 1 saturated heterocycles. The van der Waals surface area contributed by atoms with Crippen LogP contribution in [0.3, 0.4) is 0 Å². The van der Waals surface area contributed by atoms with Gasteiger partial charge in [-0.05, 0) is 12.8 Å². The van der Waals surface area contributed by atoms with E-state index in [-0.39, 0.29) is 77.0 Å². The Balaban J connectivity index is 0.0000186. The van der Waals surface area contributed by atoms with Gasteiger partial charge in [-0.15, -0.1) is 0 Å². The van der Waals surface area contributed by atoms with E-state index in [0.717, 1.165) is 38.4 Å². The molecule has 1 aliphatic heterocycles. The van der Waals surface area contributed by atoms with Crippen LogP contribution >= 0.6 is 29.3 Å². The first-order valence-corrected chi connectivity index (χ1v) is 21.2. The second kappa shape index (κ2) is 28.8. The smallest absolute Gasteiger partial charge is 0.480 e. The number of ether oxygens (including phenoxy) is 1. The molecule has 0 spiro atoms. The fourth-order valence-corrected chi connectivity index (χ4v) is 8.15. The summed E-state index contributed by atoms with van der Waals surface area (Å²) in [6.45, 7) is -2.63. The summed E-state index contributed by atoms with van der Waals surface area (Å²) in [5.41, 5.74) is 3.60. The van der Waals surface area contributed by atoms with Crippen LogP contribution in [-0.2, 0) is 52.2 Å². The van der Waals surface area contributed by atoms with Crippen molar-refractivity contribution < 1.29 is 147 Å². The molecule has 15 N–H and O–H groups in total. The van der Waals surface area contributed by atoms with Crippen LogP contribution in [0.15, 0.2) is 21.9 Å². The summed E-state index contributed by atoms with van der Waals surface area (Å²) in [6.07, 6.45) is -7.86. The number of hydrogen-bond donors (Lipinski definition) is 14. The summed E-state index contributed by atoms with van der Waals surface area (Å²) >= 11 is 0. The van der Waals surface area contributed by atoms with Crippen LogP contribution in [0.25, 0.3) is 0 Å². The van der Waals surface area contributed by atoms with E-state index < -0.39 is 154 Å². The van der Waals surface area contributed by atoms with Crippen LogP contribution in [0.2, 0.25) is 0 Å². The van der Waals surface area contributed by atoms with Gasteiger partial charge in [-0.3, -0.25) is 57.2 Å². The molecular formula is C29H43N8Na2O20PS2+2. The average Bonchev–Trinajstić information content (AvgIpc) is 3.44. The summed E-state index contributed by atoms with van der Waals surface area (Å²) < 4.78 is 23.7. The van der Waals surface area contributed by atoms with Gasteiger partial charge in [0.1, 0.15) is 55.6 Å². The molecule has 0 aromatic carbocycles. The molecule has 33 heteroatoms. The molecule has 1 fully saturated rings. The average molecular weight is 965 g/mol. The molecule has 6 unspecified atom stereocenters. The van der Waals surface area contributed by atoms with E-state index in [2.05, 4.69) is 16.0 Å². The Kier molecular flexibility index (Phi) is 27.4. The fourth-order valence-electron chi connectivity index (χ4n) is 4.76. The van der Waals surface area contributed by atoms with Crippen LogP contribution in [0.4, 0.5) is 0 Å². The minimum atomic E-state index is -5.09. The monoisotopic (exact) mass is 964 g/mol. The molecule has 2 rings (SSSR count). The maximum Gasteiger partial charge on any atom is 1.00 e. The van der Waals surface area contributed by atoms with Gasteiger partial charge in [-0.2, -0.15) is 0 Å². The minimum absolute atomic E-state index is 0. The molecule has 4 amide bonds. The maximum atomic E-state index is 12.9. The molecule has 1 aliphatic rings. The SMILES string of the molecule is NC(CCC(=O)NC(CSSCC(NC(=O)CCC(NP(=O)(O)OCC1O[C@H](n2ccc(=O)[nH]c2=O)[C@@H](O)[C@H]1O)C(=O)O)C(=O)NCC(=O)O)C(=O)NCC(=O)O)C(=O)O.[Na+].[Na+]. The zero-order valence-corrected chi connectivity index (χ0v) is 39.4. The summed E-state index contributed by atoms with van der Waals surface area (Å²) in [5.74, 6) is -10.4. The van der Waals surface area contributed by atoms with Gasteiger partial charge in [0.15, 0.2) is 6.23 Å². The number of aliphatic hydroxyl groups excluding tert-OH is 2. The number of rotatable bonds is 27. The molecule has 0 bridgehead atoms. The molecular weight excluding hydrogens is 921 g/mol. The number of carboxylic acid groups (broad SMARTS) is 4. The molecule has 2 heterocycles. The molecule has 62 heavy (non-hydrogen) atoms. The van der Waals surface area contributed by atoms with Gasteiger partial charge in [0.2, 0.25) is 23.6 Å². The number of aliphatic carboxylic acids is 4. The van der Waals surface area contributed by atoms with Crippen LogP contribution in [-0.4, -0.2) is 166 Å². The first-order chi connectivity index (χ1) is 28.0. The number of amides is 4. The number of H-pyrrole nitrogens is 1. The van der Waals surface area contributed by atoms with E-state index in [1.807, 2.05) is 15.4 Å². The number of carbonyl (C=O) groups excluding carboxylic acids is 4. The number of nitrogens with one attached hydrogen (secondary N) is 6. The molecule has 1 aromatic heterocycles. The Morgan fingerprint density at radius 1 is 0.823 bits per heavy atom. The second-order valence-electron chi connectivity index (χ2n) is 12.5. The number of aliphatic hydroxyl groups is 2. The number of aromatic nitrogens is 2. The minimum Gasteiger partial charge on any atom is -0.480 e. The van der Waals surface area contributed by atoms with Crippen molar-refractivity contribution in [2.45, 2.75) is 74.4 Å². The third-order valence-corrected chi connectivity index (χ3v) is 11.4. The zero-order valence-electron chi connectivity index (χ0n) is 32.9. The number of aromatic amines is 1. The summed E-state index contributed by atoms with van der Waals surface area (Å²) in [5, 5.41) is 67.6. The topological polar surface area (TPSA) is 455 Å². The zero-order chi connectivity index (χ0) is 45.3. The van der Waals surface area contributed by atoms with Crippen molar-refractivity contribution in [2.24, 2.45) is 5.73 Å². The Labute approximate surface area is 401 Å². The van der Waals surface area contributed by atoms with Crippen molar-refractivity contribution in [3.63, 3.8) is 0 Å². The Bertz CT molecular complexity index is 1910. The third-order valence-electron chi connectivity index (χ3n) is 7.84. The molecule has 0 saturated carbocycles. The standard InChI is InChI=1S/C29H43N8O20PS2.2Na/c30-12(27(49)50)1-3-17(38)33-14(24(47)31-7-20(41)42)10-59-60-11-15(25(48)32-8-21(43)44)34-18(39)4-2-13(28(51)52)36-58(54,55)56-9-16-22(45)23(46)26(57-16)37-6-5-19(40)35-29(37)53;;/h5-6,12-16,22-23,26,45-46H,1-4,7-11,30H2,(H,31,47)(H,32,48)(H,33,38)(H,34,39)(H,41,42)(H,43,44)(H,49,50)(H,51,52)(H,35,40,53)(H2,36,54,55);;/q;2*+1/t12?,13?,14?,15?,16?,22-,23-,26-;;/m0../s1. The van der Waals surface area contributed by atoms with Crippen LogP contribution in [0, 0.1) is 0 Å². The largest absolute Gasteiger partial charge is 1.00 e. The van der Waals surface area contributed by atoms with Crippen molar-refractivity contribution in [1.82, 2.24) is 35.9 Å². The molecule has 28 nitrogen and oxygen atoms in total. The van der Waals surface area contributed by atoms with Crippen molar-refractivity contribution in [3.05, 3.63) is 33.1 Å². The second-order valence-corrected chi connectivity index (χ2v) is 16.6. The van der Waals surface area contributed by atoms with Gasteiger partial charge in [0.25, 0.3) is 5.56 Å². The predicted octanol–water partition coefficient (Wildman–Crippen LogP) is -12.0. The van der Waals surface area contributed by atoms with E-state index in [1.54, 1.807) is 0 Å². The van der Waals surface area contributed by atoms with Gasteiger partial charge >= 0.3 is 96.4 Å². The Morgan fingerprint density at radius 2 is 1.32 bits per heavy atom. The first-order valence-electron chi connectivity index (χ1n) is 17.1. The molecule has 0 radical (unpaired) electrons. The third kappa shape index (κ3) is 21.2. The van der Waals surface area contributed by atoms with Gasteiger partial charge in [0.05, 0.1) is 6.61 Å². The Morgan fingerprint density at radius 3 is 1.77 bits per heavy atom. The number of carbonyl (C=O) groups is 8. The summed E-state index contributed by atoms with van der Waals surface area (Å²) in [4.78, 5) is 131. The quantitative estimate of drug-likeness (QED) is 0.0168. The van der Waals surface area contributed by atoms with Crippen molar-refractivity contribution >= 4 is 76.8 Å². The van der Waals surface area contributed by atoms with E-state index in [4.69, 9.17) is 30.3 Å².